The highest BCUT2D eigenvalue weighted by atomic mass is 19.1. The van der Waals surface area contributed by atoms with Gasteiger partial charge in [-0.15, -0.1) is 0 Å². The van der Waals surface area contributed by atoms with Crippen LogP contribution < -0.4 is 10.6 Å². The van der Waals surface area contributed by atoms with E-state index in [0.29, 0.717) is 24.1 Å². The van der Waals surface area contributed by atoms with E-state index in [-0.39, 0.29) is 25.0 Å². The summed E-state index contributed by atoms with van der Waals surface area (Å²) in [5, 5.41) is 14.9. The van der Waals surface area contributed by atoms with Crippen molar-refractivity contribution in [2.45, 2.75) is 45.3 Å². The molecule has 23 heavy (non-hydrogen) atoms. The van der Waals surface area contributed by atoms with E-state index in [4.69, 9.17) is 0 Å². The van der Waals surface area contributed by atoms with Crippen molar-refractivity contribution < 1.29 is 14.3 Å². The minimum atomic E-state index is -0.639. The molecule has 6 heteroatoms. The first-order valence-electron chi connectivity index (χ1n) is 7.88. The van der Waals surface area contributed by atoms with E-state index in [2.05, 4.69) is 10.6 Å². The van der Waals surface area contributed by atoms with Crippen molar-refractivity contribution in [2.24, 2.45) is 0 Å². The largest absolute Gasteiger partial charge is 0.394 e. The van der Waals surface area contributed by atoms with Crippen molar-refractivity contribution in [2.75, 3.05) is 20.7 Å². The summed E-state index contributed by atoms with van der Waals surface area (Å²) >= 11 is 0. The average molecular weight is 325 g/mol. The summed E-state index contributed by atoms with van der Waals surface area (Å²) in [6.07, 6.45) is 1.54. The van der Waals surface area contributed by atoms with Crippen LogP contribution in [0, 0.1) is 5.82 Å². The highest BCUT2D eigenvalue weighted by Gasteiger charge is 2.24. The van der Waals surface area contributed by atoms with Crippen LogP contribution in [0.2, 0.25) is 0 Å². The Balaban J connectivity index is 2.57. The molecule has 5 nitrogen and oxygen atoms in total. The van der Waals surface area contributed by atoms with Gasteiger partial charge in [-0.3, -0.25) is 0 Å². The van der Waals surface area contributed by atoms with Gasteiger partial charge in [0.2, 0.25) is 0 Å². The van der Waals surface area contributed by atoms with Crippen LogP contribution >= 0.6 is 0 Å². The van der Waals surface area contributed by atoms with Gasteiger partial charge in [-0.25, -0.2) is 9.18 Å². The lowest BCUT2D eigenvalue weighted by molar-refractivity contribution is 0.163. The molecule has 0 spiro atoms. The average Bonchev–Trinajstić information content (AvgIpc) is 2.47. The molecule has 2 amide bonds. The molecule has 0 aliphatic carbocycles. The molecule has 130 valence electrons. The van der Waals surface area contributed by atoms with E-state index in [0.717, 1.165) is 6.42 Å². The van der Waals surface area contributed by atoms with Crippen LogP contribution in [0.3, 0.4) is 0 Å². The minimum absolute atomic E-state index is 0.123. The molecule has 0 bridgehead atoms. The Hall–Kier alpha value is -1.66. The molecule has 1 rings (SSSR count). The van der Waals surface area contributed by atoms with Crippen molar-refractivity contribution in [3.63, 3.8) is 0 Å². The molecule has 0 aliphatic heterocycles. The normalized spacial score (nSPS) is 13.7. The zero-order valence-corrected chi connectivity index (χ0v) is 14.4. The van der Waals surface area contributed by atoms with Crippen molar-refractivity contribution >= 4 is 6.03 Å². The lowest BCUT2D eigenvalue weighted by atomic mass is 9.98. The monoisotopic (exact) mass is 325 g/mol. The Labute approximate surface area is 137 Å². The maximum atomic E-state index is 14.0. The summed E-state index contributed by atoms with van der Waals surface area (Å²) < 4.78 is 14.0. The van der Waals surface area contributed by atoms with Crippen molar-refractivity contribution in [1.82, 2.24) is 15.5 Å². The number of rotatable bonds is 8. The molecular weight excluding hydrogens is 297 g/mol. The number of aliphatic hydroxyl groups is 1. The minimum Gasteiger partial charge on any atom is -0.394 e. The topological polar surface area (TPSA) is 64.6 Å². The number of urea groups is 1. The number of nitrogens with zero attached hydrogens (tertiary/aromatic N) is 1. The zero-order valence-electron chi connectivity index (χ0n) is 14.4. The van der Waals surface area contributed by atoms with Crippen LogP contribution in [0.4, 0.5) is 9.18 Å². The Morgan fingerprint density at radius 1 is 1.39 bits per heavy atom. The summed E-state index contributed by atoms with van der Waals surface area (Å²) in [5.41, 5.74) is 0.681. The lowest BCUT2D eigenvalue weighted by Crippen LogP contribution is -2.52. The summed E-state index contributed by atoms with van der Waals surface area (Å²) in [5.74, 6) is -0.274. The van der Waals surface area contributed by atoms with Gasteiger partial charge in [-0.2, -0.15) is 0 Å². The second kappa shape index (κ2) is 8.84. The lowest BCUT2D eigenvalue weighted by Gasteiger charge is -2.28. The third-order valence-electron chi connectivity index (χ3n) is 3.62. The van der Waals surface area contributed by atoms with Gasteiger partial charge < -0.3 is 20.6 Å². The second-order valence-corrected chi connectivity index (χ2v) is 6.44. The van der Waals surface area contributed by atoms with E-state index < -0.39 is 5.54 Å². The van der Waals surface area contributed by atoms with Gasteiger partial charge in [0.15, 0.2) is 0 Å². The van der Waals surface area contributed by atoms with Crippen LogP contribution in [0.15, 0.2) is 18.2 Å². The number of amides is 2. The standard InChI is InChI=1S/C17H28FN3O2/c1-5-8-17(2,12-22)20-16(23)19-10-13-6-7-14(11-21(3)4)15(18)9-13/h6-7,9,22H,5,8,10-12H2,1-4H3,(H2,19,20,23). The fraction of sp³-hybridized carbons (Fsp3) is 0.588. The number of carbonyl (C=O) groups is 1. The fourth-order valence-electron chi connectivity index (χ4n) is 2.40. The molecular formula is C17H28FN3O2. The summed E-state index contributed by atoms with van der Waals surface area (Å²) in [6.45, 7) is 4.43. The van der Waals surface area contributed by atoms with Crippen molar-refractivity contribution in [1.29, 1.82) is 0 Å². The third kappa shape index (κ3) is 6.54. The molecule has 0 aromatic heterocycles. The Bertz CT molecular complexity index is 523. The molecule has 1 atom stereocenters. The SMILES string of the molecule is CCCC(C)(CO)NC(=O)NCc1ccc(CN(C)C)c(F)c1. The van der Waals surface area contributed by atoms with Crippen molar-refractivity contribution in [3.8, 4) is 0 Å². The van der Waals surface area contributed by atoms with E-state index in [1.54, 1.807) is 19.1 Å². The number of hydrogen-bond acceptors (Lipinski definition) is 3. The van der Waals surface area contributed by atoms with Crippen molar-refractivity contribution in [3.05, 3.63) is 35.1 Å². The maximum absolute atomic E-state index is 14.0. The van der Waals surface area contributed by atoms with Gasteiger partial charge in [-0.05, 0) is 39.1 Å². The molecule has 0 saturated heterocycles. The zero-order chi connectivity index (χ0) is 17.5. The molecule has 1 unspecified atom stereocenters. The quantitative estimate of drug-likeness (QED) is 0.687. The maximum Gasteiger partial charge on any atom is 0.315 e. The predicted molar refractivity (Wildman–Crippen MR) is 89.6 cm³/mol. The molecule has 0 aliphatic rings. The van der Waals surface area contributed by atoms with Crippen LogP contribution in [-0.2, 0) is 13.1 Å². The van der Waals surface area contributed by atoms with E-state index in [1.807, 2.05) is 25.9 Å². The first-order valence-corrected chi connectivity index (χ1v) is 7.88. The van der Waals surface area contributed by atoms with Gasteiger partial charge in [-0.1, -0.05) is 25.5 Å². The van der Waals surface area contributed by atoms with E-state index in [9.17, 15) is 14.3 Å². The number of hydrogen-bond donors (Lipinski definition) is 3. The Morgan fingerprint density at radius 2 is 2.09 bits per heavy atom. The molecule has 0 saturated carbocycles. The summed E-state index contributed by atoms with van der Waals surface area (Å²) in [7, 11) is 3.77. The molecule has 0 radical (unpaired) electrons. The van der Waals surface area contributed by atoms with Gasteiger partial charge >= 0.3 is 6.03 Å². The van der Waals surface area contributed by atoms with Gasteiger partial charge in [0.1, 0.15) is 5.82 Å². The van der Waals surface area contributed by atoms with Gasteiger partial charge in [0, 0.05) is 18.7 Å². The van der Waals surface area contributed by atoms with Gasteiger partial charge in [0.05, 0.1) is 12.1 Å². The summed E-state index contributed by atoms with van der Waals surface area (Å²) in [6, 6.07) is 4.61. The molecule has 0 fully saturated rings. The highest BCUT2D eigenvalue weighted by Crippen LogP contribution is 2.13. The van der Waals surface area contributed by atoms with Crippen LogP contribution in [-0.4, -0.2) is 42.3 Å². The van der Waals surface area contributed by atoms with Crippen LogP contribution in [0.1, 0.15) is 37.8 Å². The predicted octanol–water partition coefficient (Wildman–Crippen LogP) is 2.24. The Morgan fingerprint density at radius 3 is 2.61 bits per heavy atom. The fourth-order valence-corrected chi connectivity index (χ4v) is 2.40. The van der Waals surface area contributed by atoms with E-state index in [1.165, 1.54) is 6.07 Å². The molecule has 3 N–H and O–H groups in total. The molecule has 1 aromatic carbocycles. The number of aliphatic hydroxyl groups excluding tert-OH is 1. The van der Waals surface area contributed by atoms with Crippen LogP contribution in [0.5, 0.6) is 0 Å². The molecule has 1 aromatic rings. The number of nitrogens with one attached hydrogen (secondary N) is 2. The first-order chi connectivity index (χ1) is 10.8. The highest BCUT2D eigenvalue weighted by molar-refractivity contribution is 5.74. The van der Waals surface area contributed by atoms with Gasteiger partial charge in [0.25, 0.3) is 0 Å². The Kier molecular flexibility index (Phi) is 7.45. The van der Waals surface area contributed by atoms with E-state index >= 15 is 0 Å². The third-order valence-corrected chi connectivity index (χ3v) is 3.62. The number of benzene rings is 1. The number of carbonyl (C=O) groups excluding carboxylic acids is 1. The smallest absolute Gasteiger partial charge is 0.315 e. The van der Waals surface area contributed by atoms with Crippen LogP contribution in [0.25, 0.3) is 0 Å². The second-order valence-electron chi connectivity index (χ2n) is 6.44. The summed E-state index contributed by atoms with van der Waals surface area (Å²) in [4.78, 5) is 13.8. The number of halogens is 1. The first kappa shape index (κ1) is 19.4. The molecule has 0 heterocycles.